The van der Waals surface area contributed by atoms with Crippen molar-refractivity contribution in [2.75, 3.05) is 23.3 Å². The van der Waals surface area contributed by atoms with Crippen molar-refractivity contribution < 1.29 is 4.79 Å². The number of nitrogens with zero attached hydrogens (tertiary/aromatic N) is 2. The number of carbonyl (C=O) groups is 1. The van der Waals surface area contributed by atoms with Gasteiger partial charge in [0.2, 0.25) is 0 Å². The Labute approximate surface area is 200 Å². The molecular weight excluding hydrogens is 426 g/mol. The lowest BCUT2D eigenvalue weighted by atomic mass is 9.95. The fourth-order valence-electron chi connectivity index (χ4n) is 4.76. The Morgan fingerprint density at radius 2 is 1.67 bits per heavy atom. The van der Waals surface area contributed by atoms with Crippen LogP contribution in [0.25, 0.3) is 0 Å². The Balaban J connectivity index is 1.38. The smallest absolute Gasteiger partial charge is 0.259 e. The molecule has 1 amide bonds. The van der Waals surface area contributed by atoms with Crippen LogP contribution >= 0.6 is 11.3 Å². The van der Waals surface area contributed by atoms with E-state index in [-0.39, 0.29) is 5.91 Å². The predicted octanol–water partition coefficient (Wildman–Crippen LogP) is 6.93. The van der Waals surface area contributed by atoms with Crippen molar-refractivity contribution >= 4 is 39.8 Å². The SMILES string of the molecule is Cc1ccc(NC(=O)c2c(N=Cc3ccc(N4CCCCC4)cc3)sc3c2CCCC3)cc1. The minimum Gasteiger partial charge on any atom is -0.372 e. The van der Waals surface area contributed by atoms with Crippen molar-refractivity contribution in [1.82, 2.24) is 0 Å². The van der Waals surface area contributed by atoms with Crippen molar-refractivity contribution in [3.8, 4) is 0 Å². The van der Waals surface area contributed by atoms with Crippen LogP contribution in [0.1, 0.15) is 64.0 Å². The lowest BCUT2D eigenvalue weighted by Gasteiger charge is -2.28. The Hall–Kier alpha value is -2.92. The van der Waals surface area contributed by atoms with Gasteiger partial charge in [-0.05, 0) is 87.3 Å². The fourth-order valence-corrected chi connectivity index (χ4v) is 5.99. The van der Waals surface area contributed by atoms with E-state index in [2.05, 4.69) is 34.5 Å². The van der Waals surface area contributed by atoms with Gasteiger partial charge in [0.1, 0.15) is 5.00 Å². The second-order valence-corrected chi connectivity index (χ2v) is 10.2. The van der Waals surface area contributed by atoms with E-state index in [9.17, 15) is 4.79 Å². The number of amides is 1. The summed E-state index contributed by atoms with van der Waals surface area (Å²) < 4.78 is 0. The largest absolute Gasteiger partial charge is 0.372 e. The molecule has 5 rings (SSSR count). The molecule has 5 heteroatoms. The topological polar surface area (TPSA) is 44.7 Å². The van der Waals surface area contributed by atoms with Crippen LogP contribution in [-0.2, 0) is 12.8 Å². The number of hydrogen-bond donors (Lipinski definition) is 1. The normalized spacial score (nSPS) is 16.1. The summed E-state index contributed by atoms with van der Waals surface area (Å²) in [6.45, 7) is 4.34. The molecule has 1 aliphatic heterocycles. The highest BCUT2D eigenvalue weighted by atomic mass is 32.1. The molecular formula is C28H31N3OS. The molecule has 0 spiro atoms. The standard InChI is InChI=1S/C28H31N3OS/c1-20-9-13-22(14-10-20)30-27(32)26-24-7-3-4-8-25(24)33-28(26)29-19-21-11-15-23(16-12-21)31-17-5-2-6-18-31/h9-16,19H,2-8,17-18H2,1H3,(H,30,32). The van der Waals surface area contributed by atoms with Gasteiger partial charge in [-0.25, -0.2) is 4.99 Å². The quantitative estimate of drug-likeness (QED) is 0.422. The molecule has 2 aromatic carbocycles. The third-order valence-electron chi connectivity index (χ3n) is 6.63. The molecule has 33 heavy (non-hydrogen) atoms. The van der Waals surface area contributed by atoms with Crippen molar-refractivity contribution in [1.29, 1.82) is 0 Å². The van der Waals surface area contributed by atoms with E-state index in [0.29, 0.717) is 0 Å². The molecule has 1 aromatic heterocycles. The van der Waals surface area contributed by atoms with Crippen molar-refractivity contribution in [3.05, 3.63) is 75.7 Å². The van der Waals surface area contributed by atoms with E-state index >= 15 is 0 Å². The Morgan fingerprint density at radius 3 is 2.42 bits per heavy atom. The highest BCUT2D eigenvalue weighted by Crippen LogP contribution is 2.40. The molecule has 1 N–H and O–H groups in total. The van der Waals surface area contributed by atoms with Gasteiger partial charge in [-0.2, -0.15) is 0 Å². The van der Waals surface area contributed by atoms with Crippen molar-refractivity contribution in [2.24, 2.45) is 4.99 Å². The maximum atomic E-state index is 13.3. The van der Waals surface area contributed by atoms with Crippen LogP contribution in [-0.4, -0.2) is 25.2 Å². The van der Waals surface area contributed by atoms with E-state index in [1.54, 1.807) is 11.3 Å². The first-order valence-corrected chi connectivity index (χ1v) is 12.9. The predicted molar refractivity (Wildman–Crippen MR) is 140 cm³/mol. The second kappa shape index (κ2) is 9.92. The van der Waals surface area contributed by atoms with Gasteiger partial charge in [-0.3, -0.25) is 4.79 Å². The Morgan fingerprint density at radius 1 is 0.939 bits per heavy atom. The van der Waals surface area contributed by atoms with Gasteiger partial charge in [0, 0.05) is 35.6 Å². The van der Waals surface area contributed by atoms with Crippen LogP contribution in [0.2, 0.25) is 0 Å². The minimum absolute atomic E-state index is 0.0501. The minimum atomic E-state index is -0.0501. The van der Waals surface area contributed by atoms with Crippen LogP contribution in [0, 0.1) is 6.92 Å². The molecule has 0 unspecified atom stereocenters. The molecule has 0 atom stereocenters. The van der Waals surface area contributed by atoms with Crippen LogP contribution in [0.5, 0.6) is 0 Å². The lowest BCUT2D eigenvalue weighted by molar-refractivity contribution is 0.102. The second-order valence-electron chi connectivity index (χ2n) is 9.11. The van der Waals surface area contributed by atoms with Crippen LogP contribution in [0.3, 0.4) is 0 Å². The summed E-state index contributed by atoms with van der Waals surface area (Å²) in [6.07, 6.45) is 10.1. The summed E-state index contributed by atoms with van der Waals surface area (Å²) in [5.74, 6) is -0.0501. The number of rotatable bonds is 5. The molecule has 170 valence electrons. The summed E-state index contributed by atoms with van der Waals surface area (Å²) in [6, 6.07) is 16.6. The van der Waals surface area contributed by atoms with Gasteiger partial charge in [0.25, 0.3) is 5.91 Å². The first-order chi connectivity index (χ1) is 16.2. The van der Waals surface area contributed by atoms with E-state index in [4.69, 9.17) is 4.99 Å². The first kappa shape index (κ1) is 21.9. The van der Waals surface area contributed by atoms with Gasteiger partial charge in [-0.15, -0.1) is 11.3 Å². The Kier molecular flexibility index (Phi) is 6.58. The van der Waals surface area contributed by atoms with Gasteiger partial charge in [0.05, 0.1) is 5.56 Å². The fraction of sp³-hybridized carbons (Fsp3) is 0.357. The zero-order valence-corrected chi connectivity index (χ0v) is 20.1. The van der Waals surface area contributed by atoms with E-state index in [1.807, 2.05) is 37.4 Å². The molecule has 1 fully saturated rings. The molecule has 3 aromatic rings. The Bertz CT molecular complexity index is 1140. The van der Waals surface area contributed by atoms with Crippen LogP contribution in [0.15, 0.2) is 53.5 Å². The summed E-state index contributed by atoms with van der Waals surface area (Å²) >= 11 is 1.68. The maximum Gasteiger partial charge on any atom is 0.259 e. The zero-order valence-electron chi connectivity index (χ0n) is 19.3. The van der Waals surface area contributed by atoms with Gasteiger partial charge < -0.3 is 10.2 Å². The van der Waals surface area contributed by atoms with E-state index in [1.165, 1.54) is 47.4 Å². The van der Waals surface area contributed by atoms with Gasteiger partial charge in [-0.1, -0.05) is 29.8 Å². The molecule has 0 saturated carbocycles. The number of hydrogen-bond acceptors (Lipinski definition) is 4. The van der Waals surface area contributed by atoms with Gasteiger partial charge in [0.15, 0.2) is 0 Å². The molecule has 0 radical (unpaired) electrons. The highest BCUT2D eigenvalue weighted by Gasteiger charge is 2.25. The molecule has 2 aliphatic rings. The molecule has 0 bridgehead atoms. The highest BCUT2D eigenvalue weighted by molar-refractivity contribution is 7.16. The molecule has 4 nitrogen and oxygen atoms in total. The summed E-state index contributed by atoms with van der Waals surface area (Å²) in [4.78, 5) is 21.9. The number of piperidine rings is 1. The average molecular weight is 458 g/mol. The monoisotopic (exact) mass is 457 g/mol. The van der Waals surface area contributed by atoms with E-state index in [0.717, 1.165) is 54.2 Å². The number of thiophene rings is 1. The first-order valence-electron chi connectivity index (χ1n) is 12.1. The molecule has 1 aliphatic carbocycles. The number of nitrogens with one attached hydrogen (secondary N) is 1. The van der Waals surface area contributed by atoms with E-state index < -0.39 is 0 Å². The van der Waals surface area contributed by atoms with Gasteiger partial charge >= 0.3 is 0 Å². The average Bonchev–Trinajstić information content (AvgIpc) is 3.23. The zero-order chi connectivity index (χ0) is 22.6. The summed E-state index contributed by atoms with van der Waals surface area (Å²) in [5.41, 5.74) is 6.31. The number of benzene rings is 2. The summed E-state index contributed by atoms with van der Waals surface area (Å²) in [5, 5.41) is 3.92. The molecule has 2 heterocycles. The number of carbonyl (C=O) groups excluding carboxylic acids is 1. The van der Waals surface area contributed by atoms with Crippen molar-refractivity contribution in [3.63, 3.8) is 0 Å². The molecule has 1 saturated heterocycles. The lowest BCUT2D eigenvalue weighted by Crippen LogP contribution is -2.29. The third-order valence-corrected chi connectivity index (χ3v) is 7.83. The van der Waals surface area contributed by atoms with Crippen LogP contribution in [0.4, 0.5) is 16.4 Å². The maximum absolute atomic E-state index is 13.3. The van der Waals surface area contributed by atoms with Crippen molar-refractivity contribution in [2.45, 2.75) is 51.9 Å². The number of fused-ring (bicyclic) bond motifs is 1. The third kappa shape index (κ3) is 5.03. The van der Waals surface area contributed by atoms with Crippen LogP contribution < -0.4 is 10.2 Å². The number of aliphatic imine (C=N–C) groups is 1. The number of anilines is 2. The summed E-state index contributed by atoms with van der Waals surface area (Å²) in [7, 11) is 0. The number of aryl methyl sites for hydroxylation is 2.